The van der Waals surface area contributed by atoms with Crippen LogP contribution in [-0.4, -0.2) is 38.4 Å². The van der Waals surface area contributed by atoms with E-state index in [1.807, 2.05) is 0 Å². The van der Waals surface area contributed by atoms with Crippen LogP contribution in [0.4, 0.5) is 15.1 Å². The fourth-order valence-electron chi connectivity index (χ4n) is 2.78. The second-order valence-electron chi connectivity index (χ2n) is 5.70. The molecular formula is C17H12FN5O3. The fraction of sp³-hybridized carbons (Fsp3) is 0.0588. The number of hydrogen-bond donors (Lipinski definition) is 3. The van der Waals surface area contributed by atoms with Gasteiger partial charge in [0.05, 0.1) is 21.8 Å². The van der Waals surface area contributed by atoms with Crippen LogP contribution in [0.15, 0.2) is 41.2 Å². The molecule has 8 nitrogen and oxygen atoms in total. The van der Waals surface area contributed by atoms with Crippen molar-refractivity contribution in [1.82, 2.24) is 20.2 Å². The van der Waals surface area contributed by atoms with E-state index in [4.69, 9.17) is 5.11 Å². The molecule has 2 aromatic heterocycles. The van der Waals surface area contributed by atoms with Crippen LogP contribution in [-0.2, 0) is 0 Å². The molecule has 26 heavy (non-hydrogen) atoms. The van der Waals surface area contributed by atoms with Gasteiger partial charge >= 0.3 is 6.09 Å². The van der Waals surface area contributed by atoms with Gasteiger partial charge < -0.3 is 10.1 Å². The summed E-state index contributed by atoms with van der Waals surface area (Å²) in [5.74, 6) is -0.387. The Balaban J connectivity index is 1.93. The fourth-order valence-corrected chi connectivity index (χ4v) is 2.78. The summed E-state index contributed by atoms with van der Waals surface area (Å²) in [6, 6.07) is 9.27. The third kappa shape index (κ3) is 2.37. The number of H-pyrrole nitrogens is 2. The van der Waals surface area contributed by atoms with Gasteiger partial charge in [-0.1, -0.05) is 12.1 Å². The van der Waals surface area contributed by atoms with E-state index < -0.39 is 17.5 Å². The SMILES string of the molecule is CN(C(=O)O)c1nc2ccc(-c3n[nH]c(=O)c4cccc(F)c34)cc2[nH]1. The maximum absolute atomic E-state index is 14.3. The second kappa shape index (κ2) is 5.66. The van der Waals surface area contributed by atoms with Crippen molar-refractivity contribution >= 4 is 33.8 Å². The lowest BCUT2D eigenvalue weighted by molar-refractivity contribution is 0.203. The van der Waals surface area contributed by atoms with Crippen LogP contribution in [0.5, 0.6) is 0 Å². The van der Waals surface area contributed by atoms with Crippen LogP contribution in [0, 0.1) is 5.82 Å². The largest absolute Gasteiger partial charge is 0.465 e. The molecule has 0 spiro atoms. The Bertz CT molecular complexity index is 1230. The molecule has 0 aliphatic rings. The topological polar surface area (TPSA) is 115 Å². The lowest BCUT2D eigenvalue weighted by Gasteiger charge is -2.07. The predicted octanol–water partition coefficient (Wildman–Crippen LogP) is 2.72. The van der Waals surface area contributed by atoms with E-state index in [2.05, 4.69) is 20.2 Å². The van der Waals surface area contributed by atoms with E-state index in [1.165, 1.54) is 25.2 Å². The van der Waals surface area contributed by atoms with Crippen molar-refractivity contribution in [1.29, 1.82) is 0 Å². The summed E-state index contributed by atoms with van der Waals surface area (Å²) >= 11 is 0. The zero-order chi connectivity index (χ0) is 18.4. The Labute approximate surface area is 144 Å². The lowest BCUT2D eigenvalue weighted by atomic mass is 10.0. The van der Waals surface area contributed by atoms with E-state index in [9.17, 15) is 14.0 Å². The Morgan fingerprint density at radius 3 is 2.85 bits per heavy atom. The molecular weight excluding hydrogens is 341 g/mol. The van der Waals surface area contributed by atoms with Gasteiger partial charge in [0.15, 0.2) is 0 Å². The summed E-state index contributed by atoms with van der Waals surface area (Å²) in [5.41, 5.74) is 1.46. The monoisotopic (exact) mass is 353 g/mol. The van der Waals surface area contributed by atoms with Crippen LogP contribution >= 0.6 is 0 Å². The Kier molecular flexibility index (Phi) is 3.43. The van der Waals surface area contributed by atoms with Gasteiger partial charge in [-0.05, 0) is 24.3 Å². The molecule has 0 bridgehead atoms. The highest BCUT2D eigenvalue weighted by Crippen LogP contribution is 2.29. The molecule has 0 radical (unpaired) electrons. The van der Waals surface area contributed by atoms with Gasteiger partial charge in [0.2, 0.25) is 5.95 Å². The first-order valence-electron chi connectivity index (χ1n) is 7.59. The average Bonchev–Trinajstić information content (AvgIpc) is 3.05. The van der Waals surface area contributed by atoms with E-state index in [-0.39, 0.29) is 22.4 Å². The molecule has 3 N–H and O–H groups in total. The summed E-state index contributed by atoms with van der Waals surface area (Å²) in [6.07, 6.45) is -1.15. The number of imidazole rings is 1. The number of nitrogens with one attached hydrogen (secondary N) is 2. The van der Waals surface area contributed by atoms with Crippen LogP contribution < -0.4 is 10.5 Å². The average molecular weight is 353 g/mol. The van der Waals surface area contributed by atoms with E-state index >= 15 is 0 Å². The standard InChI is InChI=1S/C17H12FN5O3/c1-23(17(25)26)16-19-11-6-5-8(7-12(11)20-16)14-13-9(15(24)22-21-14)3-2-4-10(13)18/h2-7H,1H3,(H,19,20)(H,22,24)(H,25,26). The minimum atomic E-state index is -1.15. The molecule has 2 aromatic carbocycles. The third-order valence-corrected chi connectivity index (χ3v) is 4.11. The van der Waals surface area contributed by atoms with Crippen molar-refractivity contribution < 1.29 is 14.3 Å². The summed E-state index contributed by atoms with van der Waals surface area (Å²) in [5, 5.41) is 15.7. The number of carbonyl (C=O) groups is 1. The van der Waals surface area contributed by atoms with E-state index in [0.717, 1.165) is 4.90 Å². The highest BCUT2D eigenvalue weighted by Gasteiger charge is 2.16. The highest BCUT2D eigenvalue weighted by atomic mass is 19.1. The second-order valence-corrected chi connectivity index (χ2v) is 5.70. The number of aromatic amines is 2. The van der Waals surface area contributed by atoms with Crippen molar-refractivity contribution in [2.45, 2.75) is 0 Å². The third-order valence-electron chi connectivity index (χ3n) is 4.11. The smallest absolute Gasteiger partial charge is 0.413 e. The molecule has 0 atom stereocenters. The van der Waals surface area contributed by atoms with Gasteiger partial charge in [0, 0.05) is 12.6 Å². The van der Waals surface area contributed by atoms with Gasteiger partial charge in [0.25, 0.3) is 5.56 Å². The number of hydrogen-bond acceptors (Lipinski definition) is 4. The molecule has 0 saturated heterocycles. The summed E-state index contributed by atoms with van der Waals surface area (Å²) in [4.78, 5) is 31.0. The minimum Gasteiger partial charge on any atom is -0.465 e. The van der Waals surface area contributed by atoms with Gasteiger partial charge in [-0.25, -0.2) is 19.3 Å². The van der Waals surface area contributed by atoms with Gasteiger partial charge in [-0.15, -0.1) is 0 Å². The van der Waals surface area contributed by atoms with Crippen molar-refractivity contribution in [2.75, 3.05) is 11.9 Å². The van der Waals surface area contributed by atoms with Gasteiger partial charge in [-0.2, -0.15) is 5.10 Å². The molecule has 2 heterocycles. The number of anilines is 1. The van der Waals surface area contributed by atoms with Crippen LogP contribution in [0.25, 0.3) is 33.1 Å². The van der Waals surface area contributed by atoms with Crippen LogP contribution in [0.1, 0.15) is 0 Å². The van der Waals surface area contributed by atoms with Crippen molar-refractivity contribution in [3.63, 3.8) is 0 Å². The van der Waals surface area contributed by atoms with Gasteiger partial charge in [0.1, 0.15) is 11.5 Å². The molecule has 4 aromatic rings. The zero-order valence-electron chi connectivity index (χ0n) is 13.4. The van der Waals surface area contributed by atoms with Crippen LogP contribution in [0.2, 0.25) is 0 Å². The quantitative estimate of drug-likeness (QED) is 0.512. The number of carboxylic acid groups (broad SMARTS) is 1. The lowest BCUT2D eigenvalue weighted by Crippen LogP contribution is -2.24. The Morgan fingerprint density at radius 2 is 2.08 bits per heavy atom. The van der Waals surface area contributed by atoms with Crippen molar-refractivity contribution in [3.8, 4) is 11.3 Å². The minimum absolute atomic E-state index is 0.123. The van der Waals surface area contributed by atoms with Gasteiger partial charge in [-0.3, -0.25) is 9.69 Å². The van der Waals surface area contributed by atoms with E-state index in [1.54, 1.807) is 18.2 Å². The number of halogens is 1. The number of nitrogens with zero attached hydrogens (tertiary/aromatic N) is 3. The van der Waals surface area contributed by atoms with Crippen molar-refractivity contribution in [3.05, 3.63) is 52.6 Å². The molecule has 0 fully saturated rings. The van der Waals surface area contributed by atoms with E-state index in [0.29, 0.717) is 16.6 Å². The molecule has 0 unspecified atom stereocenters. The molecule has 0 saturated carbocycles. The Morgan fingerprint density at radius 1 is 1.27 bits per heavy atom. The number of amides is 1. The molecule has 0 aliphatic heterocycles. The summed E-state index contributed by atoms with van der Waals surface area (Å²) < 4.78 is 14.3. The highest BCUT2D eigenvalue weighted by molar-refractivity contribution is 5.96. The molecule has 130 valence electrons. The maximum Gasteiger partial charge on any atom is 0.413 e. The predicted molar refractivity (Wildman–Crippen MR) is 93.8 cm³/mol. The number of rotatable bonds is 2. The van der Waals surface area contributed by atoms with Crippen LogP contribution in [0.3, 0.4) is 0 Å². The molecule has 9 heteroatoms. The zero-order valence-corrected chi connectivity index (χ0v) is 13.4. The first-order chi connectivity index (χ1) is 12.5. The number of benzene rings is 2. The molecule has 4 rings (SSSR count). The first kappa shape index (κ1) is 15.8. The molecule has 1 amide bonds. The maximum atomic E-state index is 14.3. The first-order valence-corrected chi connectivity index (χ1v) is 7.59. The van der Waals surface area contributed by atoms with Crippen molar-refractivity contribution in [2.24, 2.45) is 0 Å². The number of aromatic nitrogens is 4. The Hall–Kier alpha value is -3.75. The number of fused-ring (bicyclic) bond motifs is 2. The molecule has 0 aliphatic carbocycles. The normalized spacial score (nSPS) is 11.2. The summed E-state index contributed by atoms with van der Waals surface area (Å²) in [6.45, 7) is 0. The summed E-state index contributed by atoms with van der Waals surface area (Å²) in [7, 11) is 1.37.